The maximum atomic E-state index is 12.3. The van der Waals surface area contributed by atoms with Crippen LogP contribution in [-0.2, 0) is 18.6 Å². The van der Waals surface area contributed by atoms with Gasteiger partial charge in [0.2, 0.25) is 0 Å². The van der Waals surface area contributed by atoms with Gasteiger partial charge in [0.05, 0.1) is 25.5 Å². The highest BCUT2D eigenvalue weighted by molar-refractivity contribution is 7.52. The third kappa shape index (κ3) is 5.94. The second-order valence-electron chi connectivity index (χ2n) is 8.47. The Labute approximate surface area is 199 Å². The van der Waals surface area contributed by atoms with Crippen molar-refractivity contribution in [3.63, 3.8) is 0 Å². The van der Waals surface area contributed by atoms with Crippen LogP contribution in [0.2, 0.25) is 0 Å². The summed E-state index contributed by atoms with van der Waals surface area (Å²) in [5, 5.41) is 35.1. The minimum absolute atomic E-state index is 0.103. The molecule has 2 amide bonds. The van der Waals surface area contributed by atoms with Crippen LogP contribution in [-0.4, -0.2) is 88.9 Å². The lowest BCUT2D eigenvalue weighted by Crippen LogP contribution is -2.36. The van der Waals surface area contributed by atoms with Crippen molar-refractivity contribution in [1.82, 2.24) is 24.8 Å². The van der Waals surface area contributed by atoms with E-state index < -0.39 is 63.3 Å². The summed E-state index contributed by atoms with van der Waals surface area (Å²) in [4.78, 5) is 45.1. The van der Waals surface area contributed by atoms with Crippen LogP contribution in [0.5, 0.6) is 0 Å². The molecule has 15 nitrogen and oxygen atoms in total. The molecule has 2 fully saturated rings. The quantitative estimate of drug-likeness (QED) is 0.247. The van der Waals surface area contributed by atoms with Gasteiger partial charge in [-0.2, -0.15) is 0 Å². The highest BCUT2D eigenvalue weighted by atomic mass is 31.2. The molecule has 35 heavy (non-hydrogen) atoms. The van der Waals surface area contributed by atoms with Gasteiger partial charge in [0.15, 0.2) is 23.2 Å². The number of anilines is 1. The molecule has 0 radical (unpaired) electrons. The summed E-state index contributed by atoms with van der Waals surface area (Å²) in [7, 11) is -4.24. The second-order valence-corrected chi connectivity index (χ2v) is 10.5. The third-order valence-corrected chi connectivity index (χ3v) is 7.28. The van der Waals surface area contributed by atoms with Gasteiger partial charge in [-0.1, -0.05) is 12.8 Å². The Hall–Kier alpha value is -2.68. The molecule has 0 bridgehead atoms. The Morgan fingerprint density at radius 3 is 2.66 bits per heavy atom. The molecule has 1 aliphatic heterocycles. The number of nitrogens with zero attached hydrogens (tertiary/aromatic N) is 4. The van der Waals surface area contributed by atoms with Crippen molar-refractivity contribution in [2.45, 2.75) is 62.7 Å². The number of aliphatic hydroxyl groups is 2. The number of carboxylic acids is 1. The van der Waals surface area contributed by atoms with Crippen LogP contribution in [0.1, 0.15) is 38.3 Å². The molecule has 192 valence electrons. The number of aliphatic hydroxyl groups excluding tert-OH is 2. The Morgan fingerprint density at radius 1 is 1.20 bits per heavy atom. The number of aromatic nitrogens is 4. The molecule has 0 spiro atoms. The average molecular weight is 514 g/mol. The second kappa shape index (κ2) is 10.5. The summed E-state index contributed by atoms with van der Waals surface area (Å²) in [6.07, 6.45) is -0.0178. The predicted octanol–water partition coefficient (Wildman–Crippen LogP) is 0.186. The molecule has 4 rings (SSSR count). The number of ether oxygens (including phenoxy) is 1. The average Bonchev–Trinajstić information content (AvgIpc) is 3.53. The molecule has 3 heterocycles. The van der Waals surface area contributed by atoms with Crippen molar-refractivity contribution in [3.05, 3.63) is 12.7 Å². The van der Waals surface area contributed by atoms with Gasteiger partial charge in [0.1, 0.15) is 24.6 Å². The van der Waals surface area contributed by atoms with Crippen LogP contribution < -0.4 is 10.6 Å². The molecule has 6 N–H and O–H groups in total. The number of hydrogen-bond acceptors (Lipinski definition) is 10. The zero-order chi connectivity index (χ0) is 25.2. The first-order chi connectivity index (χ1) is 16.6. The summed E-state index contributed by atoms with van der Waals surface area (Å²) >= 11 is 0. The zero-order valence-corrected chi connectivity index (χ0v) is 19.5. The summed E-state index contributed by atoms with van der Waals surface area (Å²) in [6, 6.07) is -0.321. The number of carboxylic acid groups (broad SMARTS) is 1. The summed E-state index contributed by atoms with van der Waals surface area (Å²) < 4.78 is 23.9. The van der Waals surface area contributed by atoms with E-state index >= 15 is 0 Å². The van der Waals surface area contributed by atoms with Crippen molar-refractivity contribution < 1.29 is 43.6 Å². The first kappa shape index (κ1) is 25.4. The van der Waals surface area contributed by atoms with Crippen LogP contribution in [0, 0.1) is 0 Å². The number of rotatable bonds is 9. The fourth-order valence-electron chi connectivity index (χ4n) is 4.12. The largest absolute Gasteiger partial charge is 0.481 e. The Kier molecular flexibility index (Phi) is 7.64. The predicted molar refractivity (Wildman–Crippen MR) is 119 cm³/mol. The van der Waals surface area contributed by atoms with Crippen molar-refractivity contribution in [3.8, 4) is 0 Å². The molecule has 0 aromatic carbocycles. The van der Waals surface area contributed by atoms with Gasteiger partial charge in [-0.05, 0) is 12.8 Å². The van der Waals surface area contributed by atoms with Gasteiger partial charge in [0, 0.05) is 6.04 Å². The molecule has 1 saturated heterocycles. The van der Waals surface area contributed by atoms with Crippen molar-refractivity contribution in [2.24, 2.45) is 0 Å². The topological polar surface area (TPSA) is 218 Å². The lowest BCUT2D eigenvalue weighted by atomic mass is 10.1. The molecule has 2 aliphatic rings. The van der Waals surface area contributed by atoms with Gasteiger partial charge >= 0.3 is 19.6 Å². The van der Waals surface area contributed by atoms with Gasteiger partial charge in [-0.3, -0.25) is 19.2 Å². The number of carbonyl (C=O) groups excluding carboxylic acids is 1. The lowest BCUT2D eigenvalue weighted by molar-refractivity contribution is -0.136. The summed E-state index contributed by atoms with van der Waals surface area (Å²) in [6.45, 7) is -0.558. The number of imidazole rings is 1. The molecule has 16 heteroatoms. The summed E-state index contributed by atoms with van der Waals surface area (Å²) in [5.41, 5.74) is 0.441. The van der Waals surface area contributed by atoms with Gasteiger partial charge in [-0.25, -0.2) is 19.7 Å². The Balaban J connectivity index is 1.44. The smallest absolute Gasteiger partial charge is 0.328 e. The van der Waals surface area contributed by atoms with Gasteiger partial charge in [-0.15, -0.1) is 0 Å². The van der Waals surface area contributed by atoms with Crippen LogP contribution >= 0.6 is 7.60 Å². The normalized spacial score (nSPS) is 26.6. The monoisotopic (exact) mass is 514 g/mol. The van der Waals surface area contributed by atoms with Crippen LogP contribution in [0.3, 0.4) is 0 Å². The highest BCUT2D eigenvalue weighted by Crippen LogP contribution is 2.44. The number of amides is 2. The molecule has 2 unspecified atom stereocenters. The first-order valence-electron chi connectivity index (χ1n) is 11.1. The standard InChI is InChI=1S/C19H27N6O9P/c26-12(27)5-6-35(31,32)33-7-11-14(28)15(29)18(34-11)25-9-22-13-16(20-8-21-17(13)25)24-19(30)23-10-3-1-2-4-10/h8-11,14-15,18,28-29H,1-7H2,(H,26,27)(H,31,32)(H2,20,21,23,24,30)/t11-,14?,15+,18-/m1/s1. The van der Waals surface area contributed by atoms with Crippen LogP contribution in [0.4, 0.5) is 10.6 Å². The molecule has 1 aliphatic carbocycles. The molecule has 1 saturated carbocycles. The molecule has 2 aromatic rings. The Morgan fingerprint density at radius 2 is 1.94 bits per heavy atom. The number of hydrogen-bond donors (Lipinski definition) is 6. The fourth-order valence-corrected chi connectivity index (χ4v) is 5.10. The fraction of sp³-hybridized carbons (Fsp3) is 0.632. The SMILES string of the molecule is O=C(O)CCP(=O)(O)OC[C@H]1O[C@@H](n2cnc3c(NC(=O)NC4CCCC4)ncnc32)[C@@H](O)C1O. The lowest BCUT2D eigenvalue weighted by Gasteiger charge is -2.17. The van der Waals surface area contributed by atoms with Crippen LogP contribution in [0.25, 0.3) is 11.2 Å². The minimum atomic E-state index is -4.24. The van der Waals surface area contributed by atoms with Crippen molar-refractivity contribution in [1.29, 1.82) is 0 Å². The molecule has 5 atom stereocenters. The van der Waals surface area contributed by atoms with E-state index in [4.69, 9.17) is 14.4 Å². The first-order valence-corrected chi connectivity index (χ1v) is 12.9. The van der Waals surface area contributed by atoms with Crippen molar-refractivity contribution in [2.75, 3.05) is 18.1 Å². The molecular formula is C19H27N6O9P. The van der Waals surface area contributed by atoms with Crippen LogP contribution in [0.15, 0.2) is 12.7 Å². The third-order valence-electron chi connectivity index (χ3n) is 5.94. The summed E-state index contributed by atoms with van der Waals surface area (Å²) in [5.74, 6) is -1.11. The number of urea groups is 1. The van der Waals surface area contributed by atoms with Gasteiger partial charge in [0.25, 0.3) is 0 Å². The van der Waals surface area contributed by atoms with E-state index in [1.807, 2.05) is 0 Å². The number of carbonyl (C=O) groups is 2. The Bertz CT molecular complexity index is 1120. The van der Waals surface area contributed by atoms with E-state index in [0.29, 0.717) is 0 Å². The van der Waals surface area contributed by atoms with E-state index in [-0.39, 0.29) is 23.0 Å². The van der Waals surface area contributed by atoms with Gasteiger partial charge < -0.3 is 34.8 Å². The molecule has 2 aromatic heterocycles. The maximum absolute atomic E-state index is 12.3. The van der Waals surface area contributed by atoms with E-state index in [2.05, 4.69) is 25.6 Å². The number of fused-ring (bicyclic) bond motifs is 1. The maximum Gasteiger partial charge on any atom is 0.328 e. The van der Waals surface area contributed by atoms with Crippen molar-refractivity contribution >= 4 is 36.6 Å². The van der Waals surface area contributed by atoms with E-state index in [0.717, 1.165) is 25.7 Å². The molecular weight excluding hydrogens is 487 g/mol. The van der Waals surface area contributed by atoms with E-state index in [9.17, 15) is 29.3 Å². The minimum Gasteiger partial charge on any atom is -0.481 e. The number of nitrogens with one attached hydrogen (secondary N) is 2. The zero-order valence-electron chi connectivity index (χ0n) is 18.6. The highest BCUT2D eigenvalue weighted by Gasteiger charge is 2.45. The van der Waals surface area contributed by atoms with E-state index in [1.165, 1.54) is 17.2 Å². The number of aliphatic carboxylic acids is 1. The van der Waals surface area contributed by atoms with E-state index in [1.54, 1.807) is 0 Å².